The quantitative estimate of drug-likeness (QED) is 0.151. The van der Waals surface area contributed by atoms with E-state index >= 15 is 0 Å². The highest BCUT2D eigenvalue weighted by Gasteiger charge is 2.31. The summed E-state index contributed by atoms with van der Waals surface area (Å²) in [5, 5.41) is 35.2. The average molecular weight is 489 g/mol. The first-order valence-electron chi connectivity index (χ1n) is 9.57. The van der Waals surface area contributed by atoms with Gasteiger partial charge in [-0.1, -0.05) is 12.1 Å². The highest BCUT2D eigenvalue weighted by atomic mass is 32.1. The van der Waals surface area contributed by atoms with Crippen molar-refractivity contribution in [2.24, 2.45) is 5.73 Å². The lowest BCUT2D eigenvalue weighted by Gasteiger charge is -2.25. The van der Waals surface area contributed by atoms with Gasteiger partial charge in [-0.2, -0.15) is 25.3 Å². The smallest absolute Gasteiger partial charge is 0.327 e. The molecule has 178 valence electrons. The fraction of sp³-hybridized carbons (Fsp3) is 0.474. The van der Waals surface area contributed by atoms with Crippen LogP contribution in [0.4, 0.5) is 0 Å². The summed E-state index contributed by atoms with van der Waals surface area (Å²) in [5.74, 6) is -3.98. The lowest BCUT2D eigenvalue weighted by atomic mass is 10.0. The van der Waals surface area contributed by atoms with Crippen LogP contribution in [-0.4, -0.2) is 80.8 Å². The normalized spacial score (nSPS) is 15.5. The molecule has 5 unspecified atom stereocenters. The van der Waals surface area contributed by atoms with E-state index < -0.39 is 54.0 Å². The Morgan fingerprint density at radius 2 is 1.47 bits per heavy atom. The summed E-state index contributed by atoms with van der Waals surface area (Å²) in [4.78, 5) is 48.4. The Morgan fingerprint density at radius 3 is 1.94 bits per heavy atom. The van der Waals surface area contributed by atoms with E-state index in [-0.39, 0.29) is 23.7 Å². The van der Waals surface area contributed by atoms with Crippen molar-refractivity contribution in [1.82, 2.24) is 16.0 Å². The molecule has 1 aromatic carbocycles. The zero-order valence-corrected chi connectivity index (χ0v) is 19.1. The van der Waals surface area contributed by atoms with Crippen LogP contribution in [0.2, 0.25) is 0 Å². The number of phenolic OH excluding ortho intramolecular Hbond substituents is 1. The molecule has 0 saturated carbocycles. The second-order valence-corrected chi connectivity index (χ2v) is 7.76. The number of carbonyl (C=O) groups is 4. The van der Waals surface area contributed by atoms with Crippen LogP contribution in [0.15, 0.2) is 24.3 Å². The summed E-state index contributed by atoms with van der Waals surface area (Å²) in [6.07, 6.45) is -1.21. The topological polar surface area (TPSA) is 191 Å². The standard InChI is InChI=1S/C19H28N4O7S2/c1-9(24)15(23-16(26)12(20)6-10-2-4-11(25)5-3-10)18(28)21-13(7-31)17(27)22-14(8-32)19(29)30/h2-5,9,12-15,24-25,31-32H,6-8,20H2,1H3,(H,21,28)(H,22,27)(H,23,26)(H,29,30). The predicted octanol–water partition coefficient (Wildman–Crippen LogP) is -1.96. The largest absolute Gasteiger partial charge is 0.508 e. The van der Waals surface area contributed by atoms with Gasteiger partial charge in [0.05, 0.1) is 12.1 Å². The van der Waals surface area contributed by atoms with Gasteiger partial charge in [-0.25, -0.2) is 4.79 Å². The highest BCUT2D eigenvalue weighted by molar-refractivity contribution is 7.80. The zero-order valence-electron chi connectivity index (χ0n) is 17.3. The Morgan fingerprint density at radius 1 is 0.938 bits per heavy atom. The molecule has 5 atom stereocenters. The van der Waals surface area contributed by atoms with Gasteiger partial charge in [0.1, 0.15) is 23.9 Å². The minimum atomic E-state index is -1.43. The molecule has 1 aromatic rings. The molecule has 0 bridgehead atoms. The van der Waals surface area contributed by atoms with Crippen molar-refractivity contribution in [3.05, 3.63) is 29.8 Å². The minimum absolute atomic E-state index is 0.0597. The second-order valence-electron chi connectivity index (χ2n) is 7.03. The summed E-state index contributed by atoms with van der Waals surface area (Å²) >= 11 is 7.84. The third-order valence-electron chi connectivity index (χ3n) is 4.40. The van der Waals surface area contributed by atoms with E-state index in [2.05, 4.69) is 41.2 Å². The number of aliphatic hydroxyl groups excluding tert-OH is 1. The molecule has 0 saturated heterocycles. The first-order valence-corrected chi connectivity index (χ1v) is 10.8. The molecule has 0 aliphatic carbocycles. The number of nitrogens with two attached hydrogens (primary N) is 1. The van der Waals surface area contributed by atoms with E-state index in [1.807, 2.05) is 0 Å². The molecule has 0 aromatic heterocycles. The Bertz CT molecular complexity index is 807. The molecule has 32 heavy (non-hydrogen) atoms. The number of rotatable bonds is 12. The van der Waals surface area contributed by atoms with Gasteiger partial charge in [-0.05, 0) is 31.0 Å². The fourth-order valence-electron chi connectivity index (χ4n) is 2.56. The van der Waals surface area contributed by atoms with E-state index in [0.717, 1.165) is 0 Å². The van der Waals surface area contributed by atoms with Crippen molar-refractivity contribution in [2.75, 3.05) is 11.5 Å². The Labute approximate surface area is 196 Å². The van der Waals surface area contributed by atoms with Crippen LogP contribution in [-0.2, 0) is 25.6 Å². The number of aromatic hydroxyl groups is 1. The maximum absolute atomic E-state index is 12.6. The molecule has 13 heteroatoms. The van der Waals surface area contributed by atoms with Gasteiger partial charge in [0, 0.05) is 11.5 Å². The van der Waals surface area contributed by atoms with Gasteiger partial charge in [-0.15, -0.1) is 0 Å². The van der Waals surface area contributed by atoms with Crippen molar-refractivity contribution < 1.29 is 34.5 Å². The van der Waals surface area contributed by atoms with Gasteiger partial charge in [0.2, 0.25) is 17.7 Å². The number of carbonyl (C=O) groups excluding carboxylic acids is 3. The maximum atomic E-state index is 12.6. The summed E-state index contributed by atoms with van der Waals surface area (Å²) in [5.41, 5.74) is 6.56. The van der Waals surface area contributed by atoms with Crippen molar-refractivity contribution in [1.29, 1.82) is 0 Å². The van der Waals surface area contributed by atoms with Gasteiger partial charge < -0.3 is 37.0 Å². The van der Waals surface area contributed by atoms with Gasteiger partial charge in [-0.3, -0.25) is 14.4 Å². The first-order chi connectivity index (χ1) is 15.0. The number of nitrogens with one attached hydrogen (secondary N) is 3. The Kier molecular flexibility index (Phi) is 11.3. The summed E-state index contributed by atoms with van der Waals surface area (Å²) < 4.78 is 0. The summed E-state index contributed by atoms with van der Waals surface area (Å²) in [7, 11) is 0. The number of hydrogen-bond donors (Lipinski definition) is 9. The second kappa shape index (κ2) is 13.2. The molecule has 0 aliphatic heterocycles. The molecule has 0 fully saturated rings. The third kappa shape index (κ3) is 8.57. The molecule has 3 amide bonds. The van der Waals surface area contributed by atoms with Gasteiger partial charge in [0.25, 0.3) is 0 Å². The fourth-order valence-corrected chi connectivity index (χ4v) is 3.06. The highest BCUT2D eigenvalue weighted by Crippen LogP contribution is 2.11. The third-order valence-corrected chi connectivity index (χ3v) is 5.13. The zero-order chi connectivity index (χ0) is 24.4. The van der Waals surface area contributed by atoms with E-state index in [1.165, 1.54) is 19.1 Å². The van der Waals surface area contributed by atoms with E-state index in [9.17, 15) is 29.4 Å². The summed E-state index contributed by atoms with van der Waals surface area (Å²) in [6.45, 7) is 1.27. The average Bonchev–Trinajstić information content (AvgIpc) is 2.74. The van der Waals surface area contributed by atoms with E-state index in [1.54, 1.807) is 12.1 Å². The number of hydrogen-bond acceptors (Lipinski definition) is 9. The summed E-state index contributed by atoms with van der Waals surface area (Å²) in [6, 6.07) is 1.09. The predicted molar refractivity (Wildman–Crippen MR) is 123 cm³/mol. The monoisotopic (exact) mass is 488 g/mol. The van der Waals surface area contributed by atoms with Crippen molar-refractivity contribution in [3.8, 4) is 5.75 Å². The number of benzene rings is 1. The number of thiol groups is 2. The van der Waals surface area contributed by atoms with Gasteiger partial charge in [0.15, 0.2) is 0 Å². The lowest BCUT2D eigenvalue weighted by Crippen LogP contribution is -2.60. The minimum Gasteiger partial charge on any atom is -0.508 e. The molecule has 11 nitrogen and oxygen atoms in total. The van der Waals surface area contributed by atoms with E-state index in [4.69, 9.17) is 10.8 Å². The number of carboxylic acid groups (broad SMARTS) is 1. The first kappa shape index (κ1) is 27.6. The number of aliphatic hydroxyl groups is 1. The van der Waals surface area contributed by atoms with Crippen LogP contribution in [0, 0.1) is 0 Å². The van der Waals surface area contributed by atoms with Crippen LogP contribution in [0.1, 0.15) is 12.5 Å². The molecule has 0 spiro atoms. The van der Waals surface area contributed by atoms with Crippen molar-refractivity contribution in [3.63, 3.8) is 0 Å². The molecule has 0 aliphatic rings. The van der Waals surface area contributed by atoms with Crippen LogP contribution in [0.25, 0.3) is 0 Å². The van der Waals surface area contributed by atoms with E-state index in [0.29, 0.717) is 5.56 Å². The molecule has 0 heterocycles. The molecular formula is C19H28N4O7S2. The molecular weight excluding hydrogens is 460 g/mol. The Balaban J connectivity index is 2.78. The molecule has 0 radical (unpaired) electrons. The van der Waals surface area contributed by atoms with Crippen LogP contribution >= 0.6 is 25.3 Å². The van der Waals surface area contributed by atoms with Crippen molar-refractivity contribution >= 4 is 48.9 Å². The van der Waals surface area contributed by atoms with Crippen molar-refractivity contribution in [2.45, 2.75) is 43.6 Å². The Hall–Kier alpha value is -2.48. The maximum Gasteiger partial charge on any atom is 0.327 e. The number of amides is 3. The van der Waals surface area contributed by atoms with Crippen LogP contribution in [0.5, 0.6) is 5.75 Å². The number of carboxylic acids is 1. The van der Waals surface area contributed by atoms with Crippen LogP contribution in [0.3, 0.4) is 0 Å². The molecule has 1 rings (SSSR count). The van der Waals surface area contributed by atoms with Gasteiger partial charge >= 0.3 is 5.97 Å². The van der Waals surface area contributed by atoms with Crippen LogP contribution < -0.4 is 21.7 Å². The number of aliphatic carboxylic acids is 1. The number of phenols is 1. The lowest BCUT2D eigenvalue weighted by molar-refractivity contribution is -0.141. The SMILES string of the molecule is CC(O)C(NC(=O)C(N)Cc1ccc(O)cc1)C(=O)NC(CS)C(=O)NC(CS)C(=O)O. The molecule has 8 N–H and O–H groups in total.